The molecule has 28 heavy (non-hydrogen) atoms. The number of hydrogen-bond acceptors (Lipinski definition) is 3. The smallest absolute Gasteiger partial charge is 0.341 e. The first-order chi connectivity index (χ1) is 13.3. The fraction of sp³-hybridized carbons (Fsp3) is 0.478. The maximum Gasteiger partial charge on any atom is 0.341 e. The molecule has 5 nitrogen and oxygen atoms in total. The standard InChI is InChI=1S/C23H27NO4/c1-14(2)5-6-15-9-16-12-23(7-4-8-23)24-13-18(22(26)27)20(25)11-19(24)17(16)10-21(15)28-3/h9-11,13-14H,4-8,12H2,1-3H3,(H,26,27). The van der Waals surface area contributed by atoms with Gasteiger partial charge in [0.15, 0.2) is 5.43 Å². The molecular formula is C23H27NO4. The van der Waals surface area contributed by atoms with Crippen molar-refractivity contribution in [3.05, 3.63) is 51.3 Å². The number of carbonyl (C=O) groups is 1. The molecule has 0 bridgehead atoms. The van der Waals surface area contributed by atoms with Crippen LogP contribution in [0.25, 0.3) is 11.3 Å². The number of pyridine rings is 1. The van der Waals surface area contributed by atoms with E-state index in [-0.39, 0.29) is 11.1 Å². The van der Waals surface area contributed by atoms with Crippen molar-refractivity contribution >= 4 is 5.97 Å². The van der Waals surface area contributed by atoms with Gasteiger partial charge in [0.2, 0.25) is 0 Å². The van der Waals surface area contributed by atoms with Crippen LogP contribution in [-0.2, 0) is 18.4 Å². The van der Waals surface area contributed by atoms with E-state index in [0.717, 1.165) is 55.5 Å². The molecule has 148 valence electrons. The molecule has 2 aliphatic rings. The second kappa shape index (κ2) is 6.80. The van der Waals surface area contributed by atoms with E-state index in [1.807, 2.05) is 6.07 Å². The van der Waals surface area contributed by atoms with Gasteiger partial charge in [0.05, 0.1) is 12.8 Å². The molecule has 1 N–H and O–H groups in total. The van der Waals surface area contributed by atoms with Crippen LogP contribution >= 0.6 is 0 Å². The normalized spacial score (nSPS) is 16.4. The molecule has 1 spiro atoms. The Kier molecular flexibility index (Phi) is 4.56. The maximum atomic E-state index is 12.4. The summed E-state index contributed by atoms with van der Waals surface area (Å²) in [4.78, 5) is 23.9. The third-order valence-corrected chi connectivity index (χ3v) is 6.37. The Bertz CT molecular complexity index is 998. The number of benzene rings is 1. The Morgan fingerprint density at radius 2 is 2.04 bits per heavy atom. The summed E-state index contributed by atoms with van der Waals surface area (Å²) >= 11 is 0. The number of hydrogen-bond donors (Lipinski definition) is 1. The van der Waals surface area contributed by atoms with Crippen molar-refractivity contribution in [2.75, 3.05) is 7.11 Å². The van der Waals surface area contributed by atoms with Crippen LogP contribution in [0.3, 0.4) is 0 Å². The summed E-state index contributed by atoms with van der Waals surface area (Å²) < 4.78 is 7.71. The van der Waals surface area contributed by atoms with Crippen LogP contribution < -0.4 is 10.2 Å². The van der Waals surface area contributed by atoms with Gasteiger partial charge in [0.25, 0.3) is 0 Å². The summed E-state index contributed by atoms with van der Waals surface area (Å²) in [5.41, 5.74) is 3.54. The van der Waals surface area contributed by atoms with Crippen LogP contribution in [0.1, 0.15) is 61.0 Å². The topological polar surface area (TPSA) is 68.5 Å². The lowest BCUT2D eigenvalue weighted by Gasteiger charge is -2.49. The van der Waals surface area contributed by atoms with Crippen molar-refractivity contribution in [1.82, 2.24) is 4.57 Å². The number of carboxylic acids is 1. The van der Waals surface area contributed by atoms with E-state index in [1.165, 1.54) is 17.2 Å². The fourth-order valence-electron chi connectivity index (χ4n) is 4.63. The van der Waals surface area contributed by atoms with Crippen LogP contribution in [0.5, 0.6) is 5.75 Å². The molecule has 0 saturated heterocycles. The first-order valence-corrected chi connectivity index (χ1v) is 10.1. The van der Waals surface area contributed by atoms with Crippen molar-refractivity contribution in [3.8, 4) is 17.0 Å². The summed E-state index contributed by atoms with van der Waals surface area (Å²) in [6, 6.07) is 5.77. The summed E-state index contributed by atoms with van der Waals surface area (Å²) in [7, 11) is 1.68. The SMILES string of the molecule is COc1cc2c(cc1CCC(C)C)CC1(CCC1)n1cc(C(=O)O)c(=O)cc1-2. The van der Waals surface area contributed by atoms with E-state index >= 15 is 0 Å². The molecule has 0 radical (unpaired) electrons. The van der Waals surface area contributed by atoms with E-state index in [0.29, 0.717) is 5.92 Å². The van der Waals surface area contributed by atoms with Gasteiger partial charge >= 0.3 is 5.97 Å². The molecule has 5 heteroatoms. The average molecular weight is 381 g/mol. The summed E-state index contributed by atoms with van der Waals surface area (Å²) in [6.07, 6.45) is 7.63. The lowest BCUT2D eigenvalue weighted by atomic mass is 9.69. The van der Waals surface area contributed by atoms with Gasteiger partial charge in [-0.05, 0) is 61.6 Å². The third kappa shape index (κ3) is 2.93. The molecule has 1 fully saturated rings. The van der Waals surface area contributed by atoms with Gasteiger partial charge in [-0.25, -0.2) is 4.79 Å². The van der Waals surface area contributed by atoms with Crippen LogP contribution in [0.2, 0.25) is 0 Å². The monoisotopic (exact) mass is 381 g/mol. The molecule has 0 unspecified atom stereocenters. The Labute approximate surface area is 165 Å². The van der Waals surface area contributed by atoms with Gasteiger partial charge in [-0.3, -0.25) is 4.79 Å². The summed E-state index contributed by atoms with van der Waals surface area (Å²) in [5, 5.41) is 9.41. The van der Waals surface area contributed by atoms with Gasteiger partial charge < -0.3 is 14.4 Å². The van der Waals surface area contributed by atoms with Gasteiger partial charge in [-0.15, -0.1) is 0 Å². The zero-order valence-corrected chi connectivity index (χ0v) is 16.7. The highest BCUT2D eigenvalue weighted by Gasteiger charge is 2.43. The third-order valence-electron chi connectivity index (χ3n) is 6.37. The Hall–Kier alpha value is -2.56. The highest BCUT2D eigenvalue weighted by Crippen LogP contribution is 2.49. The minimum Gasteiger partial charge on any atom is -0.496 e. The number of aryl methyl sites for hydroxylation is 1. The van der Waals surface area contributed by atoms with Gasteiger partial charge in [-0.1, -0.05) is 19.9 Å². The molecule has 4 rings (SSSR count). The number of fused-ring (bicyclic) bond motifs is 4. The van der Waals surface area contributed by atoms with E-state index in [1.54, 1.807) is 13.3 Å². The van der Waals surface area contributed by atoms with Gasteiger partial charge in [0, 0.05) is 23.4 Å². The zero-order valence-electron chi connectivity index (χ0n) is 16.7. The second-order valence-electron chi connectivity index (χ2n) is 8.62. The van der Waals surface area contributed by atoms with Crippen molar-refractivity contribution in [3.63, 3.8) is 0 Å². The minimum atomic E-state index is -1.16. The summed E-state index contributed by atoms with van der Waals surface area (Å²) in [5.74, 6) is 0.292. The number of methoxy groups -OCH3 is 1. The first kappa shape index (κ1) is 18.8. The Morgan fingerprint density at radius 1 is 1.29 bits per heavy atom. The molecule has 1 saturated carbocycles. The van der Waals surface area contributed by atoms with Crippen LogP contribution in [0.4, 0.5) is 0 Å². The number of rotatable bonds is 5. The second-order valence-corrected chi connectivity index (χ2v) is 8.62. The van der Waals surface area contributed by atoms with E-state index in [2.05, 4.69) is 24.5 Å². The minimum absolute atomic E-state index is 0.107. The molecule has 1 aromatic carbocycles. The van der Waals surface area contributed by atoms with Crippen LogP contribution in [0.15, 0.2) is 29.2 Å². The molecular weight excluding hydrogens is 354 g/mol. The van der Waals surface area contributed by atoms with Crippen molar-refractivity contribution in [1.29, 1.82) is 0 Å². The van der Waals surface area contributed by atoms with E-state index < -0.39 is 11.4 Å². The number of carboxylic acid groups (broad SMARTS) is 1. The summed E-state index contributed by atoms with van der Waals surface area (Å²) in [6.45, 7) is 4.44. The molecule has 0 atom stereocenters. The molecule has 2 heterocycles. The van der Waals surface area contributed by atoms with Gasteiger partial charge in [0.1, 0.15) is 11.3 Å². The van der Waals surface area contributed by atoms with Crippen molar-refractivity contribution in [2.24, 2.45) is 5.92 Å². The van der Waals surface area contributed by atoms with Crippen molar-refractivity contribution < 1.29 is 14.6 Å². The number of aromatic carboxylic acids is 1. The number of aromatic nitrogens is 1. The Morgan fingerprint density at radius 3 is 2.61 bits per heavy atom. The predicted molar refractivity (Wildman–Crippen MR) is 108 cm³/mol. The molecule has 1 aliphatic carbocycles. The molecule has 0 amide bonds. The lowest BCUT2D eigenvalue weighted by molar-refractivity contribution is 0.0691. The van der Waals surface area contributed by atoms with E-state index in [4.69, 9.17) is 4.74 Å². The average Bonchev–Trinajstić information content (AvgIpc) is 2.62. The van der Waals surface area contributed by atoms with Gasteiger partial charge in [-0.2, -0.15) is 0 Å². The lowest BCUT2D eigenvalue weighted by Crippen LogP contribution is -2.46. The molecule has 2 aromatic rings. The molecule has 1 aromatic heterocycles. The van der Waals surface area contributed by atoms with E-state index in [9.17, 15) is 14.7 Å². The predicted octanol–water partition coefficient (Wildman–Crippen LogP) is 4.25. The van der Waals surface area contributed by atoms with Crippen molar-refractivity contribution in [2.45, 2.75) is 57.9 Å². The fourth-order valence-corrected chi connectivity index (χ4v) is 4.63. The number of ether oxygens (including phenoxy) is 1. The first-order valence-electron chi connectivity index (χ1n) is 10.1. The quantitative estimate of drug-likeness (QED) is 0.841. The highest BCUT2D eigenvalue weighted by molar-refractivity contribution is 5.88. The van der Waals surface area contributed by atoms with Crippen LogP contribution in [0, 0.1) is 5.92 Å². The van der Waals surface area contributed by atoms with Crippen LogP contribution in [-0.4, -0.2) is 22.8 Å². The highest BCUT2D eigenvalue weighted by atomic mass is 16.5. The maximum absolute atomic E-state index is 12.4. The largest absolute Gasteiger partial charge is 0.496 e. The number of nitrogens with zero attached hydrogens (tertiary/aromatic N) is 1. The molecule has 1 aliphatic heterocycles. The zero-order chi connectivity index (χ0) is 20.1. The Balaban J connectivity index is 1.89.